The van der Waals surface area contributed by atoms with Crippen LogP contribution in [0.25, 0.3) is 0 Å². The molecule has 0 aromatic carbocycles. The second-order valence-electron chi connectivity index (χ2n) is 3.74. The predicted molar refractivity (Wildman–Crippen MR) is 70.2 cm³/mol. The van der Waals surface area contributed by atoms with Crippen molar-refractivity contribution in [3.63, 3.8) is 0 Å². The van der Waals surface area contributed by atoms with E-state index in [0.29, 0.717) is 5.15 Å². The molecule has 0 radical (unpaired) electrons. The summed E-state index contributed by atoms with van der Waals surface area (Å²) < 4.78 is 0. The van der Waals surface area contributed by atoms with Crippen LogP contribution in [0, 0.1) is 11.3 Å². The first-order valence-electron chi connectivity index (χ1n) is 5.50. The molecule has 0 atom stereocenters. The average molecular weight is 259 g/mol. The fourth-order valence-electron chi connectivity index (χ4n) is 1.67. The normalized spacial score (nSPS) is 13.6. The number of pyridine rings is 1. The van der Waals surface area contributed by atoms with Crippen LogP contribution in [0.4, 0.5) is 0 Å². The molecule has 1 aliphatic rings. The summed E-state index contributed by atoms with van der Waals surface area (Å²) in [5.41, 5.74) is 3.86. The van der Waals surface area contributed by atoms with Gasteiger partial charge in [-0.05, 0) is 11.6 Å². The summed E-state index contributed by atoms with van der Waals surface area (Å²) in [5, 5.41) is 8.90. The zero-order chi connectivity index (χ0) is 12.8. The van der Waals surface area contributed by atoms with E-state index in [9.17, 15) is 0 Å². The van der Waals surface area contributed by atoms with E-state index in [-0.39, 0.29) is 0 Å². The van der Waals surface area contributed by atoms with Crippen molar-refractivity contribution in [3.05, 3.63) is 46.9 Å². The average Bonchev–Trinajstić information content (AvgIpc) is 2.80. The van der Waals surface area contributed by atoms with Gasteiger partial charge < -0.3 is 4.90 Å². The van der Waals surface area contributed by atoms with Gasteiger partial charge in [-0.3, -0.25) is 4.99 Å². The van der Waals surface area contributed by atoms with Crippen LogP contribution < -0.4 is 0 Å². The maximum Gasteiger partial charge on any atom is 0.131 e. The second kappa shape index (κ2) is 6.02. The van der Waals surface area contributed by atoms with Crippen molar-refractivity contribution in [1.82, 2.24) is 9.88 Å². The Morgan fingerprint density at radius 2 is 2.39 bits per heavy atom. The summed E-state index contributed by atoms with van der Waals surface area (Å²) >= 11 is 5.74. The number of aliphatic imine (C=N–C) groups is 1. The summed E-state index contributed by atoms with van der Waals surface area (Å²) in [7, 11) is 0. The summed E-state index contributed by atoms with van der Waals surface area (Å²) in [4.78, 5) is 10.5. The van der Waals surface area contributed by atoms with Gasteiger partial charge >= 0.3 is 0 Å². The van der Waals surface area contributed by atoms with Gasteiger partial charge in [0.2, 0.25) is 0 Å². The fraction of sp³-hybridized carbons (Fsp3) is 0.231. The first-order chi connectivity index (χ1) is 8.79. The molecule has 1 aliphatic heterocycles. The molecule has 0 saturated heterocycles. The van der Waals surface area contributed by atoms with E-state index < -0.39 is 0 Å². The van der Waals surface area contributed by atoms with Crippen LogP contribution in [-0.2, 0) is 6.54 Å². The Labute approximate surface area is 111 Å². The highest BCUT2D eigenvalue weighted by Crippen LogP contribution is 2.11. The first-order valence-corrected chi connectivity index (χ1v) is 5.88. The molecule has 0 aliphatic carbocycles. The van der Waals surface area contributed by atoms with Crippen molar-refractivity contribution in [2.45, 2.75) is 6.54 Å². The second-order valence-corrected chi connectivity index (χ2v) is 4.12. The fourth-order valence-corrected chi connectivity index (χ4v) is 1.78. The Morgan fingerprint density at radius 1 is 1.50 bits per heavy atom. The third kappa shape index (κ3) is 3.21. The molecule has 5 heteroatoms. The molecular weight excluding hydrogens is 248 g/mol. The summed E-state index contributed by atoms with van der Waals surface area (Å²) in [6, 6.07) is 5.61. The van der Waals surface area contributed by atoms with Crippen LogP contribution in [0.5, 0.6) is 0 Å². The lowest BCUT2D eigenvalue weighted by Crippen LogP contribution is -2.25. The molecule has 1 aromatic heterocycles. The zero-order valence-corrected chi connectivity index (χ0v) is 10.4. The van der Waals surface area contributed by atoms with Crippen LogP contribution >= 0.6 is 11.6 Å². The third-order valence-electron chi connectivity index (χ3n) is 2.49. The van der Waals surface area contributed by atoms with Gasteiger partial charge in [0.05, 0.1) is 18.7 Å². The molecule has 1 aromatic rings. The van der Waals surface area contributed by atoms with Crippen LogP contribution in [0.2, 0.25) is 5.15 Å². The van der Waals surface area contributed by atoms with E-state index in [2.05, 4.69) is 20.6 Å². The highest BCUT2D eigenvalue weighted by atomic mass is 35.5. The monoisotopic (exact) mass is 258 g/mol. The Kier molecular flexibility index (Phi) is 4.14. The molecule has 90 valence electrons. The molecule has 4 nitrogen and oxygen atoms in total. The van der Waals surface area contributed by atoms with Gasteiger partial charge in [0.15, 0.2) is 0 Å². The lowest BCUT2D eigenvalue weighted by molar-refractivity contribution is 0.453. The molecule has 0 fully saturated rings. The maximum absolute atomic E-state index is 8.40. The predicted octanol–water partition coefficient (Wildman–Crippen LogP) is 2.18. The number of halogens is 1. The third-order valence-corrected chi connectivity index (χ3v) is 2.71. The van der Waals surface area contributed by atoms with Gasteiger partial charge in [-0.2, -0.15) is 5.26 Å². The topological polar surface area (TPSA) is 52.3 Å². The number of hydrogen-bond acceptors (Lipinski definition) is 4. The maximum atomic E-state index is 8.40. The molecule has 0 spiro atoms. The zero-order valence-electron chi connectivity index (χ0n) is 9.67. The molecular formula is C13H11ClN4. The number of nitriles is 1. The molecule has 0 bridgehead atoms. The SMILES string of the molecule is N#CC=C=CC1=NCCN1Cc1ccc(Cl)nc1. The lowest BCUT2D eigenvalue weighted by atomic mass is 10.2. The molecule has 18 heavy (non-hydrogen) atoms. The minimum Gasteiger partial charge on any atom is -0.350 e. The van der Waals surface area contributed by atoms with Crippen molar-refractivity contribution in [2.75, 3.05) is 13.1 Å². The molecule has 0 amide bonds. The molecule has 0 unspecified atom stereocenters. The lowest BCUT2D eigenvalue weighted by Gasteiger charge is -2.17. The van der Waals surface area contributed by atoms with Gasteiger partial charge in [-0.15, -0.1) is 5.73 Å². The highest BCUT2D eigenvalue weighted by molar-refractivity contribution is 6.29. The number of amidine groups is 1. The van der Waals surface area contributed by atoms with Crippen molar-refractivity contribution in [3.8, 4) is 6.07 Å². The van der Waals surface area contributed by atoms with Gasteiger partial charge in [0.25, 0.3) is 0 Å². The van der Waals surface area contributed by atoms with E-state index in [1.807, 2.05) is 12.1 Å². The molecule has 0 N–H and O–H groups in total. The number of nitrogens with zero attached hydrogens (tertiary/aromatic N) is 4. The summed E-state index contributed by atoms with van der Waals surface area (Å²) in [5.74, 6) is 0.844. The molecule has 2 heterocycles. The Bertz CT molecular complexity index is 547. The van der Waals surface area contributed by atoms with Gasteiger partial charge in [0, 0.05) is 25.4 Å². The largest absolute Gasteiger partial charge is 0.350 e. The van der Waals surface area contributed by atoms with Crippen molar-refractivity contribution < 1.29 is 0 Å². The number of hydrogen-bond donors (Lipinski definition) is 0. The van der Waals surface area contributed by atoms with Crippen LogP contribution in [0.15, 0.2) is 41.2 Å². The molecule has 0 saturated carbocycles. The first kappa shape index (κ1) is 12.4. The van der Waals surface area contributed by atoms with E-state index in [4.69, 9.17) is 16.9 Å². The van der Waals surface area contributed by atoms with E-state index in [0.717, 1.165) is 31.0 Å². The van der Waals surface area contributed by atoms with E-state index >= 15 is 0 Å². The highest BCUT2D eigenvalue weighted by Gasteiger charge is 2.14. The van der Waals surface area contributed by atoms with E-state index in [1.165, 1.54) is 6.08 Å². The Balaban J connectivity index is 2.06. The van der Waals surface area contributed by atoms with Crippen LogP contribution in [-0.4, -0.2) is 28.8 Å². The summed E-state index contributed by atoms with van der Waals surface area (Å²) in [6.45, 7) is 2.36. The van der Waals surface area contributed by atoms with Gasteiger partial charge in [-0.1, -0.05) is 17.7 Å². The molecule has 2 rings (SSSR count). The van der Waals surface area contributed by atoms with Crippen LogP contribution in [0.1, 0.15) is 5.56 Å². The number of rotatable bonds is 3. The minimum atomic E-state index is 0.492. The van der Waals surface area contributed by atoms with Gasteiger partial charge in [-0.25, -0.2) is 4.98 Å². The summed E-state index contributed by atoms with van der Waals surface area (Å²) in [6.07, 6.45) is 4.79. The van der Waals surface area contributed by atoms with Crippen LogP contribution in [0.3, 0.4) is 0 Å². The quantitative estimate of drug-likeness (QED) is 0.474. The van der Waals surface area contributed by atoms with Gasteiger partial charge in [0.1, 0.15) is 11.0 Å². The number of aromatic nitrogens is 1. The standard InChI is InChI=1S/C13H11ClN4/c14-12-5-4-11(9-17-12)10-18-8-7-16-13(18)3-1-2-6-15/h2-5,9H,7-8,10H2. The van der Waals surface area contributed by atoms with E-state index in [1.54, 1.807) is 18.3 Å². The minimum absolute atomic E-state index is 0.492. The smallest absolute Gasteiger partial charge is 0.131 e. The van der Waals surface area contributed by atoms with Crippen molar-refractivity contribution >= 4 is 17.4 Å². The Morgan fingerprint density at radius 3 is 3.11 bits per heavy atom. The van der Waals surface area contributed by atoms with Crippen molar-refractivity contribution in [2.24, 2.45) is 4.99 Å². The van der Waals surface area contributed by atoms with Crippen molar-refractivity contribution in [1.29, 1.82) is 5.26 Å². The Hall–Kier alpha value is -2.08.